The van der Waals surface area contributed by atoms with E-state index in [0.29, 0.717) is 5.56 Å². The van der Waals surface area contributed by atoms with Gasteiger partial charge in [0, 0.05) is 13.1 Å². The van der Waals surface area contributed by atoms with Gasteiger partial charge in [-0.1, -0.05) is 12.1 Å². The summed E-state index contributed by atoms with van der Waals surface area (Å²) < 4.78 is 36.6. The van der Waals surface area contributed by atoms with E-state index in [2.05, 4.69) is 5.32 Å². The molecule has 86 valence electrons. The Balaban J connectivity index is 2.72. The highest BCUT2D eigenvalue weighted by Gasteiger charge is 2.29. The molecule has 0 radical (unpaired) electrons. The van der Waals surface area contributed by atoms with E-state index in [1.165, 1.54) is 31.3 Å². The maximum atomic E-state index is 12.2. The van der Waals surface area contributed by atoms with Crippen LogP contribution in [0.3, 0.4) is 0 Å². The van der Waals surface area contributed by atoms with Crippen LogP contribution in [0.2, 0.25) is 0 Å². The van der Waals surface area contributed by atoms with Gasteiger partial charge in [0.15, 0.2) is 0 Å². The maximum Gasteiger partial charge on any atom is 0.416 e. The van der Waals surface area contributed by atoms with Crippen LogP contribution in [0.1, 0.15) is 18.1 Å². The zero-order valence-electron chi connectivity index (χ0n) is 8.51. The molecule has 1 N–H and O–H groups in total. The third-order valence-corrected chi connectivity index (χ3v) is 1.80. The van der Waals surface area contributed by atoms with Crippen molar-refractivity contribution in [2.45, 2.75) is 13.1 Å². The smallest absolute Gasteiger partial charge is 0.333 e. The topological polar surface area (TPSA) is 29.1 Å². The summed E-state index contributed by atoms with van der Waals surface area (Å²) in [6.45, 7) is 1.34. The zero-order chi connectivity index (χ0) is 12.2. The molecule has 0 spiro atoms. The Morgan fingerprint density at radius 3 is 2.25 bits per heavy atom. The van der Waals surface area contributed by atoms with Crippen LogP contribution < -0.4 is 5.32 Å². The van der Waals surface area contributed by atoms with Gasteiger partial charge in [-0.15, -0.1) is 0 Å². The summed E-state index contributed by atoms with van der Waals surface area (Å²) >= 11 is 0. The van der Waals surface area contributed by atoms with Crippen molar-refractivity contribution in [3.05, 3.63) is 41.6 Å². The summed E-state index contributed by atoms with van der Waals surface area (Å²) in [5, 5.41) is 2.40. The number of halogens is 3. The Hall–Kier alpha value is -1.78. The molecule has 0 unspecified atom stereocenters. The van der Waals surface area contributed by atoms with Gasteiger partial charge in [-0.3, -0.25) is 4.79 Å². The lowest BCUT2D eigenvalue weighted by atomic mass is 10.1. The fraction of sp³-hybridized carbons (Fsp3) is 0.182. The Morgan fingerprint density at radius 2 is 1.81 bits per heavy atom. The van der Waals surface area contributed by atoms with Gasteiger partial charge < -0.3 is 5.32 Å². The van der Waals surface area contributed by atoms with Crippen LogP contribution in [0.4, 0.5) is 13.2 Å². The molecule has 0 aliphatic rings. The van der Waals surface area contributed by atoms with E-state index >= 15 is 0 Å². The highest BCUT2D eigenvalue weighted by atomic mass is 19.4. The van der Waals surface area contributed by atoms with Crippen LogP contribution in [0.5, 0.6) is 0 Å². The molecule has 16 heavy (non-hydrogen) atoms. The number of carbonyl (C=O) groups excluding carboxylic acids is 1. The van der Waals surface area contributed by atoms with Gasteiger partial charge in [0.2, 0.25) is 5.91 Å². The molecule has 0 fully saturated rings. The van der Waals surface area contributed by atoms with Gasteiger partial charge in [0.05, 0.1) is 5.56 Å². The number of rotatable bonds is 2. The van der Waals surface area contributed by atoms with Gasteiger partial charge in [0.1, 0.15) is 0 Å². The number of amides is 1. The van der Waals surface area contributed by atoms with Crippen LogP contribution in [-0.2, 0) is 11.0 Å². The normalized spacial score (nSPS) is 11.8. The van der Waals surface area contributed by atoms with Crippen molar-refractivity contribution in [3.8, 4) is 0 Å². The van der Waals surface area contributed by atoms with Crippen molar-refractivity contribution in [3.63, 3.8) is 0 Å². The summed E-state index contributed by atoms with van der Waals surface area (Å²) in [4.78, 5) is 10.5. The average Bonchev–Trinajstić information content (AvgIpc) is 2.16. The Bertz CT molecular complexity index is 393. The maximum absolute atomic E-state index is 12.2. The molecule has 1 rings (SSSR count). The third kappa shape index (κ3) is 3.76. The first-order valence-corrected chi connectivity index (χ1v) is 4.50. The molecule has 0 saturated carbocycles. The van der Waals surface area contributed by atoms with Gasteiger partial charge in [-0.05, 0) is 23.8 Å². The van der Waals surface area contributed by atoms with Crippen LogP contribution in [0.25, 0.3) is 6.08 Å². The number of hydrogen-bond acceptors (Lipinski definition) is 1. The summed E-state index contributed by atoms with van der Waals surface area (Å²) in [5.74, 6) is -0.233. The van der Waals surface area contributed by atoms with Crippen molar-refractivity contribution in [1.82, 2.24) is 5.32 Å². The van der Waals surface area contributed by atoms with E-state index in [-0.39, 0.29) is 5.91 Å². The minimum Gasteiger partial charge on any atom is -0.333 e. The second kappa shape index (κ2) is 4.83. The van der Waals surface area contributed by atoms with Gasteiger partial charge in [-0.25, -0.2) is 0 Å². The summed E-state index contributed by atoms with van der Waals surface area (Å²) in [5.41, 5.74) is -0.106. The quantitative estimate of drug-likeness (QED) is 0.830. The number of alkyl halides is 3. The molecule has 0 atom stereocenters. The van der Waals surface area contributed by atoms with E-state index in [4.69, 9.17) is 0 Å². The van der Waals surface area contributed by atoms with Crippen molar-refractivity contribution in [1.29, 1.82) is 0 Å². The highest BCUT2D eigenvalue weighted by Crippen LogP contribution is 2.29. The molecule has 0 aromatic heterocycles. The average molecular weight is 229 g/mol. The van der Waals surface area contributed by atoms with E-state index in [0.717, 1.165) is 12.1 Å². The summed E-state index contributed by atoms with van der Waals surface area (Å²) in [6.07, 6.45) is -1.42. The van der Waals surface area contributed by atoms with E-state index in [1.54, 1.807) is 0 Å². The van der Waals surface area contributed by atoms with E-state index < -0.39 is 11.7 Å². The SMILES string of the molecule is CC(=O)NC=Cc1ccc(C(F)(F)F)cc1. The fourth-order valence-electron chi connectivity index (χ4n) is 1.04. The Morgan fingerprint density at radius 1 is 1.25 bits per heavy atom. The molecule has 5 heteroatoms. The minimum atomic E-state index is -4.32. The highest BCUT2D eigenvalue weighted by molar-refractivity contribution is 5.74. The number of benzene rings is 1. The molecule has 0 aliphatic carbocycles. The molecule has 1 aromatic rings. The molecule has 1 aromatic carbocycles. The number of carbonyl (C=O) groups is 1. The summed E-state index contributed by atoms with van der Waals surface area (Å²) in [7, 11) is 0. The lowest BCUT2D eigenvalue weighted by Gasteiger charge is -2.05. The molecular formula is C11H10F3NO. The first-order valence-electron chi connectivity index (χ1n) is 4.50. The molecule has 0 aliphatic heterocycles. The zero-order valence-corrected chi connectivity index (χ0v) is 8.51. The molecule has 0 heterocycles. The Kier molecular flexibility index (Phi) is 3.71. The third-order valence-electron chi connectivity index (χ3n) is 1.80. The van der Waals surface area contributed by atoms with Gasteiger partial charge in [0.25, 0.3) is 0 Å². The van der Waals surface area contributed by atoms with Crippen molar-refractivity contribution >= 4 is 12.0 Å². The molecule has 0 saturated heterocycles. The monoisotopic (exact) mass is 229 g/mol. The second-order valence-corrected chi connectivity index (χ2v) is 3.15. The predicted molar refractivity (Wildman–Crippen MR) is 54.3 cm³/mol. The standard InChI is InChI=1S/C11H10F3NO/c1-8(16)15-7-6-9-2-4-10(5-3-9)11(12,13)14/h2-7H,1H3,(H,15,16). The van der Waals surface area contributed by atoms with Gasteiger partial charge in [-0.2, -0.15) is 13.2 Å². The predicted octanol–water partition coefficient (Wildman–Crippen LogP) is 2.81. The number of hydrogen-bond donors (Lipinski definition) is 1. The van der Waals surface area contributed by atoms with Crippen LogP contribution in [0.15, 0.2) is 30.5 Å². The van der Waals surface area contributed by atoms with Crippen LogP contribution in [0, 0.1) is 0 Å². The lowest BCUT2D eigenvalue weighted by Crippen LogP contribution is -2.11. The lowest BCUT2D eigenvalue weighted by molar-refractivity contribution is -0.137. The number of nitrogens with one attached hydrogen (secondary N) is 1. The van der Waals surface area contributed by atoms with Crippen LogP contribution >= 0.6 is 0 Å². The van der Waals surface area contributed by atoms with Crippen molar-refractivity contribution in [2.75, 3.05) is 0 Å². The largest absolute Gasteiger partial charge is 0.416 e. The van der Waals surface area contributed by atoms with Gasteiger partial charge >= 0.3 is 6.18 Å². The molecule has 0 bridgehead atoms. The second-order valence-electron chi connectivity index (χ2n) is 3.15. The van der Waals surface area contributed by atoms with Crippen molar-refractivity contribution < 1.29 is 18.0 Å². The first-order chi connectivity index (χ1) is 7.39. The van der Waals surface area contributed by atoms with Crippen LogP contribution in [-0.4, -0.2) is 5.91 Å². The molecule has 2 nitrogen and oxygen atoms in total. The fourth-order valence-corrected chi connectivity index (χ4v) is 1.04. The van der Waals surface area contributed by atoms with E-state index in [1.807, 2.05) is 0 Å². The first kappa shape index (κ1) is 12.3. The molecular weight excluding hydrogens is 219 g/mol. The minimum absolute atomic E-state index is 0.233. The Labute approximate surface area is 90.8 Å². The van der Waals surface area contributed by atoms with E-state index in [9.17, 15) is 18.0 Å². The molecule has 1 amide bonds. The summed E-state index contributed by atoms with van der Waals surface area (Å²) in [6, 6.07) is 4.66. The van der Waals surface area contributed by atoms with Crippen molar-refractivity contribution in [2.24, 2.45) is 0 Å².